The van der Waals surface area contributed by atoms with Crippen LogP contribution in [0.3, 0.4) is 0 Å². The van der Waals surface area contributed by atoms with Crippen molar-refractivity contribution in [3.8, 4) is 0 Å². The Kier molecular flexibility index (Phi) is 9.19. The maximum Gasteiger partial charge on any atom is 0.224 e. The zero-order valence-corrected chi connectivity index (χ0v) is 24.2. The van der Waals surface area contributed by atoms with Gasteiger partial charge >= 0.3 is 0 Å². The third kappa shape index (κ3) is 7.50. The number of nitrogens with one attached hydrogen (secondary N) is 2. The van der Waals surface area contributed by atoms with E-state index in [1.54, 1.807) is 0 Å². The molecule has 40 heavy (non-hydrogen) atoms. The van der Waals surface area contributed by atoms with E-state index in [4.69, 9.17) is 16.6 Å². The van der Waals surface area contributed by atoms with Crippen LogP contribution in [0.2, 0.25) is 5.02 Å². The maximum atomic E-state index is 12.6. The number of piperidine rings is 1. The first-order valence-corrected chi connectivity index (χ1v) is 14.6. The van der Waals surface area contributed by atoms with Crippen LogP contribution in [-0.4, -0.2) is 79.0 Å². The van der Waals surface area contributed by atoms with Gasteiger partial charge in [0.1, 0.15) is 5.82 Å². The summed E-state index contributed by atoms with van der Waals surface area (Å²) in [6.45, 7) is 8.85. The predicted octanol–water partition coefficient (Wildman–Crippen LogP) is 4.45. The molecule has 0 bridgehead atoms. The van der Waals surface area contributed by atoms with Crippen LogP contribution < -0.4 is 15.5 Å². The van der Waals surface area contributed by atoms with Crippen LogP contribution in [0.25, 0.3) is 10.9 Å². The van der Waals surface area contributed by atoms with Gasteiger partial charge < -0.3 is 20.4 Å². The highest BCUT2D eigenvalue weighted by Gasteiger charge is 2.21. The topological polar surface area (TPSA) is 80.8 Å². The van der Waals surface area contributed by atoms with Crippen LogP contribution >= 0.6 is 11.6 Å². The van der Waals surface area contributed by atoms with Gasteiger partial charge in [0.25, 0.3) is 0 Å². The molecular formula is C31H39ClN6O2. The molecule has 0 radical (unpaired) electrons. The van der Waals surface area contributed by atoms with Crippen molar-refractivity contribution < 1.29 is 9.59 Å². The summed E-state index contributed by atoms with van der Waals surface area (Å²) in [5.41, 5.74) is 4.02. The van der Waals surface area contributed by atoms with Crippen molar-refractivity contribution in [2.45, 2.75) is 45.2 Å². The monoisotopic (exact) mass is 562 g/mol. The third-order valence-corrected chi connectivity index (χ3v) is 8.22. The Morgan fingerprint density at radius 3 is 2.35 bits per heavy atom. The highest BCUT2D eigenvalue weighted by atomic mass is 35.5. The number of amides is 2. The average molecular weight is 563 g/mol. The molecule has 0 saturated carbocycles. The van der Waals surface area contributed by atoms with E-state index in [1.807, 2.05) is 30.3 Å². The number of rotatable bonds is 8. The van der Waals surface area contributed by atoms with E-state index in [0.29, 0.717) is 0 Å². The van der Waals surface area contributed by atoms with Gasteiger partial charge in [0.15, 0.2) is 0 Å². The Morgan fingerprint density at radius 2 is 1.62 bits per heavy atom. The summed E-state index contributed by atoms with van der Waals surface area (Å²) in [6, 6.07) is 16.1. The van der Waals surface area contributed by atoms with E-state index in [0.717, 1.165) is 91.6 Å². The van der Waals surface area contributed by atoms with Gasteiger partial charge in [-0.2, -0.15) is 0 Å². The molecular weight excluding hydrogens is 524 g/mol. The molecule has 9 heteroatoms. The zero-order chi connectivity index (χ0) is 28.1. The lowest BCUT2D eigenvalue weighted by molar-refractivity contribution is -0.125. The number of carbonyl (C=O) groups is 2. The number of fused-ring (bicyclic) bond motifs is 1. The summed E-state index contributed by atoms with van der Waals surface area (Å²) < 4.78 is 0. The third-order valence-electron chi connectivity index (χ3n) is 7.96. The average Bonchev–Trinajstić information content (AvgIpc) is 2.95. The summed E-state index contributed by atoms with van der Waals surface area (Å²) >= 11 is 5.98. The number of piperazine rings is 1. The molecule has 0 atom stereocenters. The number of carbonyl (C=O) groups excluding carboxylic acids is 2. The molecule has 8 nitrogen and oxygen atoms in total. The van der Waals surface area contributed by atoms with Gasteiger partial charge in [-0.25, -0.2) is 4.98 Å². The van der Waals surface area contributed by atoms with Crippen LogP contribution in [0.4, 0.5) is 11.5 Å². The van der Waals surface area contributed by atoms with E-state index >= 15 is 0 Å². The number of pyridine rings is 1. The molecule has 0 spiro atoms. The number of hydrogen-bond acceptors (Lipinski definition) is 6. The number of halogens is 1. The first-order valence-electron chi connectivity index (χ1n) is 14.2. The maximum absolute atomic E-state index is 12.6. The predicted molar refractivity (Wildman–Crippen MR) is 162 cm³/mol. The van der Waals surface area contributed by atoms with Gasteiger partial charge in [-0.3, -0.25) is 14.5 Å². The van der Waals surface area contributed by atoms with Gasteiger partial charge in [0.2, 0.25) is 11.8 Å². The van der Waals surface area contributed by atoms with Crippen LogP contribution in [0.15, 0.2) is 48.5 Å². The smallest absolute Gasteiger partial charge is 0.224 e. The lowest BCUT2D eigenvalue weighted by Gasteiger charge is -2.33. The molecule has 2 aliphatic rings. The van der Waals surface area contributed by atoms with Crippen LogP contribution in [0.1, 0.15) is 36.8 Å². The number of anilines is 2. The molecule has 0 unspecified atom stereocenters. The molecule has 2 saturated heterocycles. The van der Waals surface area contributed by atoms with Crippen molar-refractivity contribution in [1.82, 2.24) is 20.1 Å². The van der Waals surface area contributed by atoms with Gasteiger partial charge in [-0.05, 0) is 74.3 Å². The molecule has 2 fully saturated rings. The number of likely N-dealkylation sites (N-methyl/N-ethyl adjacent to an activating group) is 1. The molecule has 1 aromatic heterocycles. The fourth-order valence-electron chi connectivity index (χ4n) is 5.49. The molecule has 212 valence electrons. The second-order valence-corrected chi connectivity index (χ2v) is 11.5. The normalized spacial score (nSPS) is 17.2. The summed E-state index contributed by atoms with van der Waals surface area (Å²) in [7, 11) is 2.15. The molecule has 5 rings (SSSR count). The van der Waals surface area contributed by atoms with Gasteiger partial charge in [-0.15, -0.1) is 0 Å². The molecule has 3 aromatic rings. The molecule has 0 aliphatic carbocycles. The minimum absolute atomic E-state index is 0.0682. The first kappa shape index (κ1) is 28.3. The SMILES string of the molecule is Cc1cc(N2CCN(C)CC2)nc2ccc(NC(=O)CCC(=O)NC3CCN(Cc4ccc(Cl)cc4)CC3)cc12. The van der Waals surface area contributed by atoms with Gasteiger partial charge in [-0.1, -0.05) is 23.7 Å². The highest BCUT2D eigenvalue weighted by Crippen LogP contribution is 2.26. The van der Waals surface area contributed by atoms with Crippen molar-refractivity contribution in [3.63, 3.8) is 0 Å². The molecule has 2 amide bonds. The molecule has 2 N–H and O–H groups in total. The number of aromatic nitrogens is 1. The summed E-state index contributed by atoms with van der Waals surface area (Å²) in [4.78, 5) is 37.1. The molecule has 3 heterocycles. The lowest BCUT2D eigenvalue weighted by atomic mass is 10.0. The van der Waals surface area contributed by atoms with Gasteiger partial charge in [0, 0.05) is 80.8 Å². The summed E-state index contributed by atoms with van der Waals surface area (Å²) in [6.07, 6.45) is 2.15. The van der Waals surface area contributed by atoms with E-state index in [2.05, 4.69) is 57.5 Å². The van der Waals surface area contributed by atoms with E-state index in [1.165, 1.54) is 5.56 Å². The molecule has 2 aliphatic heterocycles. The molecule has 2 aromatic carbocycles. The van der Waals surface area contributed by atoms with Crippen molar-refractivity contribution in [3.05, 3.63) is 64.7 Å². The second kappa shape index (κ2) is 13.0. The van der Waals surface area contributed by atoms with Crippen molar-refractivity contribution in [2.75, 3.05) is 56.5 Å². The largest absolute Gasteiger partial charge is 0.354 e. The van der Waals surface area contributed by atoms with Crippen LogP contribution in [0, 0.1) is 6.92 Å². The van der Waals surface area contributed by atoms with Crippen molar-refractivity contribution in [1.29, 1.82) is 0 Å². The first-order chi connectivity index (χ1) is 19.3. The fraction of sp³-hybridized carbons (Fsp3) is 0.452. The van der Waals surface area contributed by atoms with Crippen LogP contribution in [-0.2, 0) is 16.1 Å². The number of likely N-dealkylation sites (tertiary alicyclic amines) is 1. The lowest BCUT2D eigenvalue weighted by Crippen LogP contribution is -2.44. The second-order valence-electron chi connectivity index (χ2n) is 11.1. The van der Waals surface area contributed by atoms with Crippen molar-refractivity contribution >= 4 is 45.8 Å². The Balaban J connectivity index is 1.06. The number of hydrogen-bond donors (Lipinski definition) is 2. The fourth-order valence-corrected chi connectivity index (χ4v) is 5.61. The quantitative estimate of drug-likeness (QED) is 0.422. The van der Waals surface area contributed by atoms with Crippen molar-refractivity contribution in [2.24, 2.45) is 0 Å². The Bertz CT molecular complexity index is 1330. The zero-order valence-electron chi connectivity index (χ0n) is 23.5. The number of benzene rings is 2. The number of nitrogens with zero attached hydrogens (tertiary/aromatic N) is 4. The summed E-state index contributed by atoms with van der Waals surface area (Å²) in [5.74, 6) is 0.779. The van der Waals surface area contributed by atoms with E-state index in [-0.39, 0.29) is 30.7 Å². The van der Waals surface area contributed by atoms with Gasteiger partial charge in [0.05, 0.1) is 5.52 Å². The Labute approximate surface area is 241 Å². The van der Waals surface area contributed by atoms with E-state index < -0.39 is 0 Å². The highest BCUT2D eigenvalue weighted by molar-refractivity contribution is 6.30. The standard InChI is InChI=1S/C31H39ClN6O2/c1-22-19-29(38-17-15-36(2)16-18-38)35-28-8-7-26(20-27(22)28)34-31(40)10-9-30(39)33-25-11-13-37(14-12-25)21-23-3-5-24(32)6-4-23/h3-8,19-20,25H,9-18,21H2,1-2H3,(H,33,39)(H,34,40). The van der Waals surface area contributed by atoms with E-state index in [9.17, 15) is 9.59 Å². The minimum atomic E-state index is -0.160. The Morgan fingerprint density at radius 1 is 0.925 bits per heavy atom. The summed E-state index contributed by atoms with van der Waals surface area (Å²) in [5, 5.41) is 7.85. The minimum Gasteiger partial charge on any atom is -0.354 e. The Hall–Kier alpha value is -3.20. The number of aryl methyl sites for hydroxylation is 1. The van der Waals surface area contributed by atoms with Crippen LogP contribution in [0.5, 0.6) is 0 Å².